The predicted molar refractivity (Wildman–Crippen MR) is 117 cm³/mol. The maximum Gasteiger partial charge on any atom is 0.233 e. The minimum Gasteiger partial charge on any atom is -0.325 e. The second-order valence-corrected chi connectivity index (χ2v) is 10.7. The summed E-state index contributed by atoms with van der Waals surface area (Å²) in [6, 6.07) is 4.91. The van der Waals surface area contributed by atoms with Crippen LogP contribution < -0.4 is 5.32 Å². The SMILES string of the molecule is O=C(Nc1ccc(Cl)cc1Cl)C1CCC(N2C(=O)[C@@H]3[C@@H]4C=C[C@H]([C@H]5C[C@H]45)[C@@H]3C2=O)CC1. The lowest BCUT2D eigenvalue weighted by molar-refractivity contribution is -0.144. The van der Waals surface area contributed by atoms with Crippen LogP contribution in [0.4, 0.5) is 5.69 Å². The molecule has 2 bridgehead atoms. The van der Waals surface area contributed by atoms with E-state index in [0.717, 1.165) is 0 Å². The van der Waals surface area contributed by atoms with Crippen LogP contribution in [0.1, 0.15) is 32.1 Å². The average Bonchev–Trinajstić information content (AvgIpc) is 3.54. The molecule has 31 heavy (non-hydrogen) atoms. The number of rotatable bonds is 3. The molecule has 1 N–H and O–H groups in total. The van der Waals surface area contributed by atoms with Crippen LogP contribution >= 0.6 is 23.2 Å². The van der Waals surface area contributed by atoms with Crippen molar-refractivity contribution in [3.63, 3.8) is 0 Å². The summed E-state index contributed by atoms with van der Waals surface area (Å²) >= 11 is 12.1. The fourth-order valence-corrected chi connectivity index (χ4v) is 7.22. The molecule has 7 rings (SSSR count). The molecule has 1 heterocycles. The number of imide groups is 1. The molecule has 5 aliphatic carbocycles. The van der Waals surface area contributed by atoms with Crippen LogP contribution in [0.15, 0.2) is 30.4 Å². The van der Waals surface area contributed by atoms with Crippen LogP contribution in [-0.4, -0.2) is 28.7 Å². The zero-order chi connectivity index (χ0) is 21.4. The topological polar surface area (TPSA) is 66.5 Å². The minimum atomic E-state index is -0.149. The van der Waals surface area contributed by atoms with Crippen LogP contribution in [0, 0.1) is 41.4 Å². The number of amides is 3. The van der Waals surface area contributed by atoms with Gasteiger partial charge in [-0.2, -0.15) is 0 Å². The lowest BCUT2D eigenvalue weighted by Crippen LogP contribution is -2.44. The molecule has 1 aromatic carbocycles. The first-order chi connectivity index (χ1) is 14.9. The zero-order valence-electron chi connectivity index (χ0n) is 17.0. The Balaban J connectivity index is 1.11. The van der Waals surface area contributed by atoms with Crippen molar-refractivity contribution in [3.8, 4) is 0 Å². The fraction of sp³-hybridized carbons (Fsp3) is 0.542. The second-order valence-electron chi connectivity index (χ2n) is 9.82. The number of hydrogen-bond donors (Lipinski definition) is 1. The van der Waals surface area contributed by atoms with Gasteiger partial charge in [-0.15, -0.1) is 0 Å². The number of allylic oxidation sites excluding steroid dienone is 2. The third-order valence-corrected chi connectivity index (χ3v) is 8.87. The quantitative estimate of drug-likeness (QED) is 0.533. The highest BCUT2D eigenvalue weighted by atomic mass is 35.5. The molecule has 0 unspecified atom stereocenters. The summed E-state index contributed by atoms with van der Waals surface area (Å²) in [5.74, 6) is 1.33. The number of nitrogens with zero attached hydrogens (tertiary/aromatic N) is 1. The highest BCUT2D eigenvalue weighted by molar-refractivity contribution is 6.36. The summed E-state index contributed by atoms with van der Waals surface area (Å²) in [6.45, 7) is 0. The number of hydrogen-bond acceptors (Lipinski definition) is 3. The number of halogens is 2. The molecule has 3 amide bonds. The lowest BCUT2D eigenvalue weighted by Gasteiger charge is -2.37. The molecular weight excluding hydrogens is 435 g/mol. The lowest BCUT2D eigenvalue weighted by atomic mass is 9.63. The van der Waals surface area contributed by atoms with Crippen molar-refractivity contribution in [2.24, 2.45) is 41.4 Å². The first kappa shape index (κ1) is 19.8. The van der Waals surface area contributed by atoms with E-state index < -0.39 is 0 Å². The number of benzene rings is 1. The van der Waals surface area contributed by atoms with E-state index in [4.69, 9.17) is 23.2 Å². The van der Waals surface area contributed by atoms with Crippen LogP contribution in [0.3, 0.4) is 0 Å². The standard InChI is InChI=1S/C24H24Cl2N2O3/c25-12-3-8-19(18(26)9-12)27-22(29)11-1-4-13(5-2-11)28-23(30)20-14-6-7-15(17-10-16(14)17)21(20)24(28)31/h3,6-9,11,13-17,20-21H,1-2,4-5,10H2,(H,27,29)/t11?,13?,14-,15-,16-,17-,20-,21+/m1/s1. The van der Waals surface area contributed by atoms with Crippen molar-refractivity contribution in [1.82, 2.24) is 4.90 Å². The molecule has 6 aliphatic rings. The number of carbonyl (C=O) groups excluding carboxylic acids is 3. The monoisotopic (exact) mass is 458 g/mol. The Bertz CT molecular complexity index is 980. The van der Waals surface area contributed by atoms with Gasteiger partial charge in [-0.1, -0.05) is 35.4 Å². The van der Waals surface area contributed by atoms with Gasteiger partial charge in [0.2, 0.25) is 17.7 Å². The van der Waals surface area contributed by atoms with E-state index in [9.17, 15) is 14.4 Å². The number of nitrogens with one attached hydrogen (secondary N) is 1. The third-order valence-electron chi connectivity index (χ3n) is 8.32. The Morgan fingerprint density at radius 1 is 0.935 bits per heavy atom. The summed E-state index contributed by atoms with van der Waals surface area (Å²) < 4.78 is 0. The number of anilines is 1. The van der Waals surface area contributed by atoms with Crippen molar-refractivity contribution >= 4 is 46.6 Å². The van der Waals surface area contributed by atoms with E-state index in [1.54, 1.807) is 23.1 Å². The van der Waals surface area contributed by atoms with E-state index in [1.165, 1.54) is 6.42 Å². The van der Waals surface area contributed by atoms with Gasteiger partial charge in [0.15, 0.2) is 0 Å². The van der Waals surface area contributed by atoms with Gasteiger partial charge < -0.3 is 5.32 Å². The van der Waals surface area contributed by atoms with Crippen molar-refractivity contribution in [2.75, 3.05) is 5.32 Å². The third kappa shape index (κ3) is 3.00. The molecule has 0 aromatic heterocycles. The molecule has 162 valence electrons. The molecule has 1 aromatic rings. The van der Waals surface area contributed by atoms with Crippen LogP contribution in [-0.2, 0) is 14.4 Å². The van der Waals surface area contributed by atoms with Crippen LogP contribution in [0.2, 0.25) is 10.0 Å². The molecule has 4 fully saturated rings. The highest BCUT2D eigenvalue weighted by Gasteiger charge is 2.67. The Hall–Kier alpha value is -1.85. The van der Waals surface area contributed by atoms with E-state index in [-0.39, 0.29) is 53.4 Å². The number of likely N-dealkylation sites (tertiary alicyclic amines) is 1. The molecule has 6 atom stereocenters. The van der Waals surface area contributed by atoms with E-state index in [2.05, 4.69) is 17.5 Å². The molecule has 7 heteroatoms. The minimum absolute atomic E-state index is 0.0422. The zero-order valence-corrected chi connectivity index (χ0v) is 18.5. The van der Waals surface area contributed by atoms with E-state index >= 15 is 0 Å². The molecule has 3 saturated carbocycles. The second kappa shape index (κ2) is 7.08. The van der Waals surface area contributed by atoms with Gasteiger partial charge in [0.05, 0.1) is 22.5 Å². The van der Waals surface area contributed by atoms with Gasteiger partial charge in [0.1, 0.15) is 0 Å². The summed E-state index contributed by atoms with van der Waals surface area (Å²) in [6.07, 6.45) is 8.26. The van der Waals surface area contributed by atoms with E-state index in [1.807, 2.05) is 0 Å². The maximum atomic E-state index is 13.3. The van der Waals surface area contributed by atoms with Gasteiger partial charge in [-0.25, -0.2) is 0 Å². The van der Waals surface area contributed by atoms with Gasteiger partial charge in [0, 0.05) is 17.0 Å². The Labute approximate surface area is 191 Å². The van der Waals surface area contributed by atoms with Crippen molar-refractivity contribution < 1.29 is 14.4 Å². The van der Waals surface area contributed by atoms with Gasteiger partial charge in [0.25, 0.3) is 0 Å². The van der Waals surface area contributed by atoms with Gasteiger partial charge in [-0.05, 0) is 74.0 Å². The summed E-state index contributed by atoms with van der Waals surface area (Å²) in [4.78, 5) is 40.9. The van der Waals surface area contributed by atoms with Crippen LogP contribution in [0.5, 0.6) is 0 Å². The van der Waals surface area contributed by atoms with Crippen molar-refractivity contribution in [1.29, 1.82) is 0 Å². The van der Waals surface area contributed by atoms with Gasteiger partial charge in [-0.3, -0.25) is 19.3 Å². The highest BCUT2D eigenvalue weighted by Crippen LogP contribution is 2.65. The normalized spacial score (nSPS) is 40.0. The largest absolute Gasteiger partial charge is 0.325 e. The Kier molecular flexibility index (Phi) is 4.52. The Morgan fingerprint density at radius 3 is 2.13 bits per heavy atom. The first-order valence-corrected chi connectivity index (χ1v) is 12.0. The first-order valence-electron chi connectivity index (χ1n) is 11.2. The molecule has 5 nitrogen and oxygen atoms in total. The molecule has 1 aliphatic heterocycles. The summed E-state index contributed by atoms with van der Waals surface area (Å²) in [5.41, 5.74) is 0.550. The number of carbonyl (C=O) groups is 3. The summed E-state index contributed by atoms with van der Waals surface area (Å²) in [7, 11) is 0. The van der Waals surface area contributed by atoms with Crippen molar-refractivity contribution in [3.05, 3.63) is 40.4 Å². The van der Waals surface area contributed by atoms with Crippen LogP contribution in [0.25, 0.3) is 0 Å². The Morgan fingerprint density at radius 2 is 1.55 bits per heavy atom. The molecule has 0 spiro atoms. The van der Waals surface area contributed by atoms with Gasteiger partial charge >= 0.3 is 0 Å². The molecule has 0 radical (unpaired) electrons. The average molecular weight is 459 g/mol. The predicted octanol–water partition coefficient (Wildman–Crippen LogP) is 4.54. The van der Waals surface area contributed by atoms with E-state index in [0.29, 0.717) is 53.3 Å². The molecular formula is C24H24Cl2N2O3. The van der Waals surface area contributed by atoms with Crippen molar-refractivity contribution in [2.45, 2.75) is 38.1 Å². The fourth-order valence-electron chi connectivity index (χ4n) is 6.76. The summed E-state index contributed by atoms with van der Waals surface area (Å²) in [5, 5.41) is 3.82. The molecule has 1 saturated heterocycles. The smallest absolute Gasteiger partial charge is 0.233 e. The maximum absolute atomic E-state index is 13.3.